The average molecular weight is 305 g/mol. The first kappa shape index (κ1) is 17.9. The molecule has 120 valence electrons. The summed E-state index contributed by atoms with van der Waals surface area (Å²) < 4.78 is 24.0. The van der Waals surface area contributed by atoms with Crippen molar-refractivity contribution in [3.63, 3.8) is 0 Å². The standard InChI is InChI=1S/C15H32N2O2S/c1-5-7-14-12-17(15(8-6-2)11-16-14)9-10-20(18,19)13(3)4/h13-16H,5-12H2,1-4H3. The van der Waals surface area contributed by atoms with Crippen LogP contribution in [-0.2, 0) is 9.84 Å². The second-order valence-electron chi connectivity index (χ2n) is 6.25. The molecule has 2 unspecified atom stereocenters. The van der Waals surface area contributed by atoms with Gasteiger partial charge < -0.3 is 5.32 Å². The van der Waals surface area contributed by atoms with E-state index in [1.165, 1.54) is 12.8 Å². The molecule has 1 aliphatic heterocycles. The number of hydrogen-bond acceptors (Lipinski definition) is 4. The fourth-order valence-electron chi connectivity index (χ4n) is 2.84. The molecule has 5 heteroatoms. The minimum atomic E-state index is -2.93. The summed E-state index contributed by atoms with van der Waals surface area (Å²) in [7, 11) is -2.93. The van der Waals surface area contributed by atoms with Crippen LogP contribution in [-0.4, -0.2) is 56.0 Å². The first-order valence-corrected chi connectivity index (χ1v) is 9.81. The van der Waals surface area contributed by atoms with Gasteiger partial charge in [0.15, 0.2) is 9.84 Å². The summed E-state index contributed by atoms with van der Waals surface area (Å²) in [5.41, 5.74) is 0. The molecule has 1 heterocycles. The quantitative estimate of drug-likeness (QED) is 0.746. The molecule has 0 spiro atoms. The molecule has 0 aromatic rings. The summed E-state index contributed by atoms with van der Waals surface area (Å²) >= 11 is 0. The van der Waals surface area contributed by atoms with Gasteiger partial charge in [0.05, 0.1) is 11.0 Å². The molecule has 1 saturated heterocycles. The van der Waals surface area contributed by atoms with Gasteiger partial charge in [-0.1, -0.05) is 26.7 Å². The molecular formula is C15H32N2O2S. The van der Waals surface area contributed by atoms with E-state index in [1.54, 1.807) is 13.8 Å². The molecule has 1 rings (SSSR count). The van der Waals surface area contributed by atoms with Crippen molar-refractivity contribution in [1.82, 2.24) is 10.2 Å². The van der Waals surface area contributed by atoms with E-state index < -0.39 is 9.84 Å². The van der Waals surface area contributed by atoms with E-state index in [4.69, 9.17) is 0 Å². The van der Waals surface area contributed by atoms with Crippen LogP contribution >= 0.6 is 0 Å². The molecule has 1 N–H and O–H groups in total. The summed E-state index contributed by atoms with van der Waals surface area (Å²) in [5, 5.41) is 3.35. The fourth-order valence-corrected chi connectivity index (χ4v) is 3.80. The number of nitrogens with one attached hydrogen (secondary N) is 1. The van der Waals surface area contributed by atoms with Crippen LogP contribution < -0.4 is 5.32 Å². The molecule has 1 aliphatic rings. The van der Waals surface area contributed by atoms with E-state index in [2.05, 4.69) is 24.1 Å². The Bertz CT molecular complexity index is 368. The normalized spacial score (nSPS) is 25.2. The summed E-state index contributed by atoms with van der Waals surface area (Å²) in [6, 6.07) is 1.02. The third kappa shape index (κ3) is 5.34. The molecule has 0 saturated carbocycles. The SMILES string of the molecule is CCCC1CN(CCS(=O)(=O)C(C)C)C(CCC)CN1. The summed E-state index contributed by atoms with van der Waals surface area (Å²) in [5.74, 6) is 0.295. The minimum Gasteiger partial charge on any atom is -0.311 e. The largest absolute Gasteiger partial charge is 0.311 e. The highest BCUT2D eigenvalue weighted by atomic mass is 32.2. The lowest BCUT2D eigenvalue weighted by Gasteiger charge is -2.40. The van der Waals surface area contributed by atoms with E-state index in [0.717, 1.165) is 25.9 Å². The fraction of sp³-hybridized carbons (Fsp3) is 1.00. The van der Waals surface area contributed by atoms with E-state index in [9.17, 15) is 8.42 Å². The second-order valence-corrected chi connectivity index (χ2v) is 8.92. The van der Waals surface area contributed by atoms with Gasteiger partial charge in [0.25, 0.3) is 0 Å². The monoisotopic (exact) mass is 304 g/mol. The molecule has 0 aromatic heterocycles. The zero-order valence-electron chi connectivity index (χ0n) is 13.6. The Kier molecular flexibility index (Phi) is 7.48. The Labute approximate surface area is 125 Å². The van der Waals surface area contributed by atoms with Crippen molar-refractivity contribution in [2.24, 2.45) is 0 Å². The number of hydrogen-bond donors (Lipinski definition) is 1. The lowest BCUT2D eigenvalue weighted by atomic mass is 10.0. The van der Waals surface area contributed by atoms with Crippen LogP contribution in [0.2, 0.25) is 0 Å². The molecule has 4 nitrogen and oxygen atoms in total. The van der Waals surface area contributed by atoms with Crippen LogP contribution in [0.4, 0.5) is 0 Å². The van der Waals surface area contributed by atoms with Crippen LogP contribution in [0.3, 0.4) is 0 Å². The molecule has 2 atom stereocenters. The van der Waals surface area contributed by atoms with Gasteiger partial charge in [-0.25, -0.2) is 8.42 Å². The van der Waals surface area contributed by atoms with E-state index in [0.29, 0.717) is 24.4 Å². The van der Waals surface area contributed by atoms with Crippen LogP contribution in [0.15, 0.2) is 0 Å². The lowest BCUT2D eigenvalue weighted by Crippen LogP contribution is -2.57. The first-order valence-electron chi connectivity index (χ1n) is 8.09. The van der Waals surface area contributed by atoms with Crippen LogP contribution in [0.25, 0.3) is 0 Å². The average Bonchev–Trinajstić information content (AvgIpc) is 2.39. The van der Waals surface area contributed by atoms with Gasteiger partial charge in [0, 0.05) is 31.7 Å². The lowest BCUT2D eigenvalue weighted by molar-refractivity contribution is 0.126. The van der Waals surface area contributed by atoms with Crippen molar-refractivity contribution in [2.45, 2.75) is 70.7 Å². The Morgan fingerprint density at radius 3 is 2.40 bits per heavy atom. The van der Waals surface area contributed by atoms with Crippen molar-refractivity contribution < 1.29 is 8.42 Å². The van der Waals surface area contributed by atoms with E-state index >= 15 is 0 Å². The molecule has 0 radical (unpaired) electrons. The van der Waals surface area contributed by atoms with Gasteiger partial charge in [0.2, 0.25) is 0 Å². The molecule has 0 aliphatic carbocycles. The minimum absolute atomic E-state index is 0.263. The third-order valence-electron chi connectivity index (χ3n) is 4.25. The maximum absolute atomic E-state index is 12.0. The van der Waals surface area contributed by atoms with Crippen molar-refractivity contribution in [3.05, 3.63) is 0 Å². The van der Waals surface area contributed by atoms with Crippen molar-refractivity contribution in [2.75, 3.05) is 25.4 Å². The predicted molar refractivity (Wildman–Crippen MR) is 85.9 cm³/mol. The van der Waals surface area contributed by atoms with Crippen molar-refractivity contribution in [3.8, 4) is 0 Å². The van der Waals surface area contributed by atoms with Gasteiger partial charge in [-0.3, -0.25) is 4.90 Å². The highest BCUT2D eigenvalue weighted by molar-refractivity contribution is 7.92. The molecular weight excluding hydrogens is 272 g/mol. The van der Waals surface area contributed by atoms with Crippen LogP contribution in [0.5, 0.6) is 0 Å². The molecule has 20 heavy (non-hydrogen) atoms. The Morgan fingerprint density at radius 1 is 1.20 bits per heavy atom. The van der Waals surface area contributed by atoms with Crippen LogP contribution in [0, 0.1) is 0 Å². The van der Waals surface area contributed by atoms with Gasteiger partial charge in [-0.2, -0.15) is 0 Å². The molecule has 0 amide bonds. The molecule has 0 aromatic carbocycles. The number of nitrogens with zero attached hydrogens (tertiary/aromatic N) is 1. The topological polar surface area (TPSA) is 49.4 Å². The number of piperazine rings is 1. The van der Waals surface area contributed by atoms with Gasteiger partial charge in [-0.05, 0) is 26.7 Å². The predicted octanol–water partition coefficient (Wildman–Crippen LogP) is 2.05. The van der Waals surface area contributed by atoms with Crippen molar-refractivity contribution in [1.29, 1.82) is 0 Å². The first-order chi connectivity index (χ1) is 9.40. The maximum atomic E-state index is 12.0. The highest BCUT2D eigenvalue weighted by Crippen LogP contribution is 2.15. The second kappa shape index (κ2) is 8.35. The highest BCUT2D eigenvalue weighted by Gasteiger charge is 2.28. The Morgan fingerprint density at radius 2 is 1.85 bits per heavy atom. The van der Waals surface area contributed by atoms with E-state index in [-0.39, 0.29) is 5.25 Å². The van der Waals surface area contributed by atoms with Gasteiger partial charge >= 0.3 is 0 Å². The van der Waals surface area contributed by atoms with Gasteiger partial charge in [-0.15, -0.1) is 0 Å². The number of rotatable bonds is 8. The molecule has 1 fully saturated rings. The third-order valence-corrected chi connectivity index (χ3v) is 6.44. The Hall–Kier alpha value is -0.130. The summed E-state index contributed by atoms with van der Waals surface area (Å²) in [4.78, 5) is 2.40. The van der Waals surface area contributed by atoms with Crippen LogP contribution in [0.1, 0.15) is 53.4 Å². The summed E-state index contributed by atoms with van der Waals surface area (Å²) in [6.07, 6.45) is 4.65. The van der Waals surface area contributed by atoms with E-state index in [1.807, 2.05) is 0 Å². The zero-order valence-corrected chi connectivity index (χ0v) is 14.4. The van der Waals surface area contributed by atoms with Gasteiger partial charge in [0.1, 0.15) is 0 Å². The van der Waals surface area contributed by atoms with Crippen molar-refractivity contribution >= 4 is 9.84 Å². The maximum Gasteiger partial charge on any atom is 0.153 e. The number of sulfone groups is 1. The Balaban J connectivity index is 2.60. The smallest absolute Gasteiger partial charge is 0.153 e. The zero-order chi connectivity index (χ0) is 15.2. The molecule has 0 bridgehead atoms. The summed E-state index contributed by atoms with van der Waals surface area (Å²) in [6.45, 7) is 10.6.